The first-order chi connectivity index (χ1) is 6.63. The molecule has 0 atom stereocenters. The first kappa shape index (κ1) is 10.5. The third kappa shape index (κ3) is 2.70. The second kappa shape index (κ2) is 4.57. The van der Waals surface area contributed by atoms with Crippen molar-refractivity contribution in [3.8, 4) is 0 Å². The summed E-state index contributed by atoms with van der Waals surface area (Å²) in [7, 11) is 0. The molecule has 6 heteroatoms. The van der Waals surface area contributed by atoms with E-state index in [0.29, 0.717) is 5.56 Å². The van der Waals surface area contributed by atoms with Gasteiger partial charge in [0.2, 0.25) is 6.54 Å². The molecule has 1 rings (SSSR count). The van der Waals surface area contributed by atoms with E-state index in [1.807, 2.05) is 0 Å². The van der Waals surface area contributed by atoms with Gasteiger partial charge in [-0.05, 0) is 12.1 Å². The van der Waals surface area contributed by atoms with Crippen molar-refractivity contribution in [3.05, 3.63) is 45.5 Å². The Bertz CT molecular complexity index is 366. The van der Waals surface area contributed by atoms with Gasteiger partial charge in [-0.2, -0.15) is 0 Å². The zero-order valence-corrected chi connectivity index (χ0v) is 7.73. The molecule has 74 valence electrons. The van der Waals surface area contributed by atoms with E-state index in [2.05, 4.69) is 4.29 Å². The van der Waals surface area contributed by atoms with Gasteiger partial charge in [0, 0.05) is 10.5 Å². The molecule has 0 unspecified atom stereocenters. The SMILES string of the molecule is O=C(OCl)c1cccc(C[N+](=O)[O-])c1. The fourth-order valence-corrected chi connectivity index (χ4v) is 1.08. The fraction of sp³-hybridized carbons (Fsp3) is 0.125. The van der Waals surface area contributed by atoms with Gasteiger partial charge in [-0.3, -0.25) is 10.1 Å². The average molecular weight is 216 g/mol. The van der Waals surface area contributed by atoms with Crippen LogP contribution in [-0.2, 0) is 10.8 Å². The minimum Gasteiger partial charge on any atom is -0.343 e. The third-order valence-electron chi connectivity index (χ3n) is 1.54. The number of halogens is 1. The van der Waals surface area contributed by atoms with Crippen LogP contribution in [0.25, 0.3) is 0 Å². The van der Waals surface area contributed by atoms with Crippen molar-refractivity contribution in [2.45, 2.75) is 6.54 Å². The molecule has 0 heterocycles. The van der Waals surface area contributed by atoms with Crippen molar-refractivity contribution in [1.29, 1.82) is 0 Å². The van der Waals surface area contributed by atoms with E-state index in [1.165, 1.54) is 18.2 Å². The maximum absolute atomic E-state index is 10.9. The van der Waals surface area contributed by atoms with Crippen molar-refractivity contribution in [3.63, 3.8) is 0 Å². The summed E-state index contributed by atoms with van der Waals surface area (Å²) in [5, 5.41) is 10.2. The smallest absolute Gasteiger partial charge is 0.343 e. The number of carbonyl (C=O) groups is 1. The quantitative estimate of drug-likeness (QED) is 0.569. The van der Waals surface area contributed by atoms with Gasteiger partial charge in [-0.25, -0.2) is 4.79 Å². The normalized spacial score (nSPS) is 9.50. The maximum Gasteiger partial charge on any atom is 0.356 e. The lowest BCUT2D eigenvalue weighted by molar-refractivity contribution is -0.496. The Balaban J connectivity index is 2.89. The molecule has 0 aromatic heterocycles. The lowest BCUT2D eigenvalue weighted by atomic mass is 10.1. The molecule has 0 saturated carbocycles. The summed E-state index contributed by atoms with van der Waals surface area (Å²) < 4.78 is 3.96. The Morgan fingerprint density at radius 1 is 1.57 bits per heavy atom. The molecule has 0 radical (unpaired) electrons. The van der Waals surface area contributed by atoms with E-state index in [0.717, 1.165) is 0 Å². The summed E-state index contributed by atoms with van der Waals surface area (Å²) in [4.78, 5) is 20.6. The summed E-state index contributed by atoms with van der Waals surface area (Å²) in [6, 6.07) is 5.91. The Labute approximate surface area is 84.6 Å². The molecule has 1 aromatic carbocycles. The van der Waals surface area contributed by atoms with Crippen LogP contribution in [0.2, 0.25) is 0 Å². The van der Waals surface area contributed by atoms with E-state index in [1.54, 1.807) is 6.07 Å². The van der Waals surface area contributed by atoms with E-state index in [9.17, 15) is 14.9 Å². The second-order valence-corrected chi connectivity index (χ2v) is 2.71. The third-order valence-corrected chi connectivity index (χ3v) is 1.68. The molecule has 14 heavy (non-hydrogen) atoms. The molecule has 5 nitrogen and oxygen atoms in total. The Morgan fingerprint density at radius 2 is 2.29 bits per heavy atom. The fourth-order valence-electron chi connectivity index (χ4n) is 0.990. The highest BCUT2D eigenvalue weighted by molar-refractivity contribution is 6.15. The van der Waals surface area contributed by atoms with E-state index in [4.69, 9.17) is 11.9 Å². The summed E-state index contributed by atoms with van der Waals surface area (Å²) in [6.45, 7) is -0.330. The molecule has 0 saturated heterocycles. The zero-order chi connectivity index (χ0) is 10.6. The number of carbonyl (C=O) groups excluding carboxylic acids is 1. The van der Waals surface area contributed by atoms with Crippen LogP contribution in [0.3, 0.4) is 0 Å². The van der Waals surface area contributed by atoms with Crippen LogP contribution in [-0.4, -0.2) is 10.9 Å². The Kier molecular flexibility index (Phi) is 3.41. The molecule has 0 aliphatic heterocycles. The highest BCUT2D eigenvalue weighted by Crippen LogP contribution is 2.08. The molecular weight excluding hydrogens is 210 g/mol. The lowest BCUT2D eigenvalue weighted by Crippen LogP contribution is -2.02. The van der Waals surface area contributed by atoms with Crippen molar-refractivity contribution >= 4 is 17.8 Å². The number of benzene rings is 1. The van der Waals surface area contributed by atoms with Crippen LogP contribution >= 0.6 is 11.9 Å². The second-order valence-electron chi connectivity index (χ2n) is 2.56. The predicted octanol–water partition coefficient (Wildman–Crippen LogP) is 1.77. The molecule has 0 spiro atoms. The summed E-state index contributed by atoms with van der Waals surface area (Å²) >= 11 is 4.86. The van der Waals surface area contributed by atoms with Gasteiger partial charge in [0.25, 0.3) is 0 Å². The maximum atomic E-state index is 10.9. The van der Waals surface area contributed by atoms with Gasteiger partial charge in [-0.1, -0.05) is 12.1 Å². The molecule has 1 aromatic rings. The monoisotopic (exact) mass is 215 g/mol. The van der Waals surface area contributed by atoms with E-state index in [-0.39, 0.29) is 12.1 Å². The van der Waals surface area contributed by atoms with Crippen LogP contribution in [0, 0.1) is 10.1 Å². The highest BCUT2D eigenvalue weighted by Gasteiger charge is 2.08. The average Bonchev–Trinajstić information content (AvgIpc) is 2.16. The number of nitro groups is 1. The van der Waals surface area contributed by atoms with Crippen molar-refractivity contribution in [2.75, 3.05) is 0 Å². The molecule has 0 aliphatic carbocycles. The van der Waals surface area contributed by atoms with Crippen molar-refractivity contribution < 1.29 is 14.0 Å². The first-order valence-corrected chi connectivity index (χ1v) is 3.98. The number of hydrogen-bond donors (Lipinski definition) is 0. The van der Waals surface area contributed by atoms with Gasteiger partial charge in [0.1, 0.15) is 11.9 Å². The van der Waals surface area contributed by atoms with Crippen LogP contribution in [0.15, 0.2) is 24.3 Å². The van der Waals surface area contributed by atoms with Gasteiger partial charge >= 0.3 is 5.97 Å². The van der Waals surface area contributed by atoms with Gasteiger partial charge in [0.15, 0.2) is 0 Å². The summed E-state index contributed by atoms with van der Waals surface area (Å²) in [5.74, 6) is -0.725. The van der Waals surface area contributed by atoms with Crippen molar-refractivity contribution in [1.82, 2.24) is 0 Å². The standard InChI is InChI=1S/C8H6ClNO4/c9-14-8(11)7-3-1-2-6(4-7)5-10(12)13/h1-4H,5H2. The van der Waals surface area contributed by atoms with E-state index >= 15 is 0 Å². The largest absolute Gasteiger partial charge is 0.356 e. The number of rotatable bonds is 3. The van der Waals surface area contributed by atoms with Crippen LogP contribution in [0.4, 0.5) is 0 Å². The van der Waals surface area contributed by atoms with Crippen molar-refractivity contribution in [2.24, 2.45) is 0 Å². The first-order valence-electron chi connectivity index (χ1n) is 3.67. The molecule has 0 fully saturated rings. The summed E-state index contributed by atoms with van der Waals surface area (Å²) in [5.41, 5.74) is 0.619. The predicted molar refractivity (Wildman–Crippen MR) is 48.4 cm³/mol. The minimum atomic E-state index is -0.725. The van der Waals surface area contributed by atoms with Crippen LogP contribution in [0.5, 0.6) is 0 Å². The van der Waals surface area contributed by atoms with Crippen LogP contribution < -0.4 is 0 Å². The van der Waals surface area contributed by atoms with Gasteiger partial charge in [0.05, 0.1) is 5.56 Å². The molecule has 0 N–H and O–H groups in total. The minimum absolute atomic E-state index is 0.194. The number of nitrogens with zero attached hydrogens (tertiary/aromatic N) is 1. The molecule has 0 bridgehead atoms. The molecule has 0 aliphatic rings. The van der Waals surface area contributed by atoms with Gasteiger partial charge in [-0.15, -0.1) is 0 Å². The molecule has 0 amide bonds. The van der Waals surface area contributed by atoms with Crippen LogP contribution in [0.1, 0.15) is 15.9 Å². The van der Waals surface area contributed by atoms with E-state index < -0.39 is 10.9 Å². The lowest BCUT2D eigenvalue weighted by Gasteiger charge is -1.98. The Hall–Kier alpha value is -1.62. The number of hydrogen-bond acceptors (Lipinski definition) is 4. The summed E-state index contributed by atoms with van der Waals surface area (Å²) in [6.07, 6.45) is 0. The highest BCUT2D eigenvalue weighted by atomic mass is 35.5. The van der Waals surface area contributed by atoms with Gasteiger partial charge < -0.3 is 4.29 Å². The molecular formula is C8H6ClNO4. The Morgan fingerprint density at radius 3 is 2.86 bits per heavy atom. The zero-order valence-electron chi connectivity index (χ0n) is 6.97. The topological polar surface area (TPSA) is 69.4 Å².